The Balaban J connectivity index is 0.000000184. The zero-order chi connectivity index (χ0) is 24.2. The number of carboxylic acid groups (broad SMARTS) is 1. The third kappa shape index (κ3) is 3.85. The van der Waals surface area contributed by atoms with E-state index in [0.29, 0.717) is 18.1 Å². The molecule has 35 heavy (non-hydrogen) atoms. The molecular weight excluding hydrogens is 438 g/mol. The molecule has 5 saturated carbocycles. The summed E-state index contributed by atoms with van der Waals surface area (Å²) in [6.45, 7) is 4.71. The van der Waals surface area contributed by atoms with Crippen LogP contribution >= 0.6 is 0 Å². The van der Waals surface area contributed by atoms with Gasteiger partial charge in [-0.1, -0.05) is 30.3 Å². The predicted molar refractivity (Wildman–Crippen MR) is 134 cm³/mol. The average Bonchev–Trinajstić information content (AvgIpc) is 3.14. The van der Waals surface area contributed by atoms with Crippen molar-refractivity contribution in [3.8, 4) is 28.3 Å². The van der Waals surface area contributed by atoms with Crippen LogP contribution in [0.5, 0.6) is 5.75 Å². The zero-order valence-electron chi connectivity index (χ0n) is 20.5. The lowest BCUT2D eigenvalue weighted by atomic mass is 9.74. The molecule has 8 rings (SSSR count). The molecule has 5 aliphatic rings. The van der Waals surface area contributed by atoms with Gasteiger partial charge in [-0.2, -0.15) is 0 Å². The molecule has 5 nitrogen and oxygen atoms in total. The van der Waals surface area contributed by atoms with E-state index in [4.69, 9.17) is 14.4 Å². The molecule has 0 aliphatic heterocycles. The average molecular weight is 472 g/mol. The molecule has 0 unspecified atom stereocenters. The van der Waals surface area contributed by atoms with Crippen molar-refractivity contribution < 1.29 is 19.2 Å². The Kier molecular flexibility index (Phi) is 5.28. The van der Waals surface area contributed by atoms with Crippen molar-refractivity contribution in [1.29, 1.82) is 0 Å². The zero-order valence-corrected chi connectivity index (χ0v) is 20.5. The summed E-state index contributed by atoms with van der Waals surface area (Å²) >= 11 is 0. The summed E-state index contributed by atoms with van der Waals surface area (Å²) in [5, 5.41) is 13.1. The van der Waals surface area contributed by atoms with Crippen molar-refractivity contribution in [2.24, 2.45) is 22.7 Å². The predicted octanol–water partition coefficient (Wildman–Crippen LogP) is 7.39. The third-order valence-electron chi connectivity index (χ3n) is 8.86. The molecule has 2 aromatic carbocycles. The van der Waals surface area contributed by atoms with Crippen LogP contribution in [-0.4, -0.2) is 22.8 Å². The molecule has 182 valence electrons. The number of carboxylic acids is 1. The van der Waals surface area contributed by atoms with Gasteiger partial charge in [0, 0.05) is 17.2 Å². The van der Waals surface area contributed by atoms with Crippen LogP contribution in [0.1, 0.15) is 67.8 Å². The van der Waals surface area contributed by atoms with Gasteiger partial charge in [0.2, 0.25) is 0 Å². The molecule has 5 heteroatoms. The van der Waals surface area contributed by atoms with Gasteiger partial charge in [0.15, 0.2) is 5.76 Å². The maximum Gasteiger partial charge on any atom is 0.335 e. The minimum Gasteiger partial charge on any atom is -0.493 e. The maximum absolute atomic E-state index is 10.9. The summed E-state index contributed by atoms with van der Waals surface area (Å²) in [6.07, 6.45) is 10.8. The van der Waals surface area contributed by atoms with Crippen LogP contribution in [0, 0.1) is 29.6 Å². The number of carbonyl (C=O) groups is 1. The number of aromatic nitrogens is 1. The van der Waals surface area contributed by atoms with Gasteiger partial charge in [0.25, 0.3) is 0 Å². The summed E-state index contributed by atoms with van der Waals surface area (Å²) in [7, 11) is 0. The van der Waals surface area contributed by atoms with Crippen molar-refractivity contribution in [3.63, 3.8) is 0 Å². The first-order valence-corrected chi connectivity index (χ1v) is 12.9. The fourth-order valence-corrected chi connectivity index (χ4v) is 7.57. The number of rotatable bonds is 6. The Morgan fingerprint density at radius 1 is 1.06 bits per heavy atom. The van der Waals surface area contributed by atoms with Crippen LogP contribution < -0.4 is 4.74 Å². The van der Waals surface area contributed by atoms with E-state index >= 15 is 0 Å². The molecule has 0 atom stereocenters. The number of aryl methyl sites for hydroxylation is 1. The van der Waals surface area contributed by atoms with Crippen molar-refractivity contribution in [1.82, 2.24) is 5.16 Å². The van der Waals surface area contributed by atoms with E-state index in [-0.39, 0.29) is 5.56 Å². The maximum atomic E-state index is 10.9. The molecule has 2 spiro atoms. The summed E-state index contributed by atoms with van der Waals surface area (Å²) in [5.41, 5.74) is 5.62. The van der Waals surface area contributed by atoms with Gasteiger partial charge in [-0.25, -0.2) is 4.79 Å². The van der Waals surface area contributed by atoms with Crippen molar-refractivity contribution in [2.45, 2.75) is 58.8 Å². The van der Waals surface area contributed by atoms with Crippen molar-refractivity contribution in [3.05, 3.63) is 59.7 Å². The number of ether oxygens (including phenoxy) is 1. The van der Waals surface area contributed by atoms with E-state index in [2.05, 4.69) is 12.1 Å². The summed E-state index contributed by atoms with van der Waals surface area (Å²) in [5.74, 6) is 2.79. The first kappa shape index (κ1) is 22.4. The highest BCUT2D eigenvalue weighted by molar-refractivity contribution is 5.88. The SMILES string of the molecule is C1C2CC34CC1CC3(C2)C4.CCCOc1cc(C)ccc1-c1cc(-c2ccc(C(=O)O)cc2)on1. The lowest BCUT2D eigenvalue weighted by Gasteiger charge is -2.31. The highest BCUT2D eigenvalue weighted by Crippen LogP contribution is 2.87. The minimum absolute atomic E-state index is 0.234. The van der Waals surface area contributed by atoms with E-state index < -0.39 is 5.97 Å². The lowest BCUT2D eigenvalue weighted by Crippen LogP contribution is -2.20. The van der Waals surface area contributed by atoms with E-state index in [1.165, 1.54) is 11.8 Å². The summed E-state index contributed by atoms with van der Waals surface area (Å²) in [6, 6.07) is 14.3. The number of hydrogen-bond acceptors (Lipinski definition) is 4. The second-order valence-corrected chi connectivity index (χ2v) is 11.3. The molecule has 4 bridgehead atoms. The van der Waals surface area contributed by atoms with Crippen LogP contribution in [0.3, 0.4) is 0 Å². The van der Waals surface area contributed by atoms with Crippen LogP contribution in [0.4, 0.5) is 0 Å². The monoisotopic (exact) mass is 471 g/mol. The second kappa shape index (κ2) is 8.25. The lowest BCUT2D eigenvalue weighted by molar-refractivity contribution is 0.0697. The van der Waals surface area contributed by atoms with Crippen LogP contribution in [0.2, 0.25) is 0 Å². The molecule has 5 aliphatic carbocycles. The number of benzene rings is 2. The quantitative estimate of drug-likeness (QED) is 0.406. The third-order valence-corrected chi connectivity index (χ3v) is 8.86. The Labute approximate surface area is 206 Å². The number of nitrogens with zero attached hydrogens (tertiary/aromatic N) is 1. The van der Waals surface area contributed by atoms with E-state index in [1.807, 2.05) is 31.2 Å². The highest BCUT2D eigenvalue weighted by Gasteiger charge is 2.77. The number of aromatic carboxylic acids is 1. The topological polar surface area (TPSA) is 72.6 Å². The molecule has 0 saturated heterocycles. The molecule has 3 aromatic rings. The van der Waals surface area contributed by atoms with Gasteiger partial charge in [0.05, 0.1) is 12.2 Å². The van der Waals surface area contributed by atoms with E-state index in [9.17, 15) is 4.79 Å². The second-order valence-electron chi connectivity index (χ2n) is 11.3. The Morgan fingerprint density at radius 3 is 2.34 bits per heavy atom. The van der Waals surface area contributed by atoms with Crippen molar-refractivity contribution in [2.75, 3.05) is 6.61 Å². The molecule has 1 aromatic heterocycles. The van der Waals surface area contributed by atoms with E-state index in [1.54, 1.807) is 62.8 Å². The van der Waals surface area contributed by atoms with Gasteiger partial charge in [0.1, 0.15) is 11.4 Å². The van der Waals surface area contributed by atoms with Gasteiger partial charge >= 0.3 is 5.97 Å². The largest absolute Gasteiger partial charge is 0.493 e. The Hall–Kier alpha value is -3.08. The first-order valence-electron chi connectivity index (χ1n) is 12.9. The van der Waals surface area contributed by atoms with Gasteiger partial charge in [-0.05, 0) is 104 Å². The molecule has 5 fully saturated rings. The van der Waals surface area contributed by atoms with Crippen LogP contribution in [-0.2, 0) is 0 Å². The van der Waals surface area contributed by atoms with Crippen molar-refractivity contribution >= 4 is 5.97 Å². The minimum atomic E-state index is -0.956. The molecule has 0 amide bonds. The molecule has 1 heterocycles. The van der Waals surface area contributed by atoms with E-state index in [0.717, 1.165) is 39.7 Å². The fourth-order valence-electron chi connectivity index (χ4n) is 7.57. The van der Waals surface area contributed by atoms with Gasteiger partial charge in [-0.3, -0.25) is 0 Å². The Bertz CT molecular complexity index is 1220. The highest BCUT2D eigenvalue weighted by atomic mass is 16.5. The van der Waals surface area contributed by atoms with Crippen LogP contribution in [0.25, 0.3) is 22.6 Å². The standard InChI is InChI=1S/C20H19NO4.C10H14/c1-3-10-24-19-11-13(2)4-9-16(19)17-12-18(25-21-17)14-5-7-15(8-6-14)20(22)23;1-7-2-9-4-8(1)5-10(9,3-7)6-9/h4-9,11-12H,3,10H2,1-2H3,(H,22,23);7-8H,1-6H2. The van der Waals surface area contributed by atoms with Gasteiger partial charge in [-0.15, -0.1) is 0 Å². The first-order chi connectivity index (χ1) is 16.9. The molecule has 1 N–H and O–H groups in total. The fraction of sp³-hybridized carbons (Fsp3) is 0.467. The smallest absolute Gasteiger partial charge is 0.335 e. The summed E-state index contributed by atoms with van der Waals surface area (Å²) < 4.78 is 11.3. The van der Waals surface area contributed by atoms with Crippen LogP contribution in [0.15, 0.2) is 53.1 Å². The molecular formula is C30H33NO4. The summed E-state index contributed by atoms with van der Waals surface area (Å²) in [4.78, 5) is 10.9. The number of hydrogen-bond donors (Lipinski definition) is 1. The van der Waals surface area contributed by atoms with Gasteiger partial charge < -0.3 is 14.4 Å². The Morgan fingerprint density at radius 2 is 1.74 bits per heavy atom. The molecule has 0 radical (unpaired) electrons. The normalized spacial score (nSPS) is 28.9.